The van der Waals surface area contributed by atoms with E-state index in [4.69, 9.17) is 20.4 Å². The molecule has 32 heavy (non-hydrogen) atoms. The number of nitrogens with zero attached hydrogens (tertiary/aromatic N) is 5. The Hall–Kier alpha value is -2.40. The van der Waals surface area contributed by atoms with Crippen LogP contribution in [0.4, 0.5) is 26.4 Å². The average molecular weight is 463 g/mol. The maximum absolute atomic E-state index is 12.8. The smallest absolute Gasteiger partial charge is 0.387 e. The molecular formula is C21H24F2N6O2S. The van der Waals surface area contributed by atoms with E-state index >= 15 is 0 Å². The number of nitrogens with two attached hydrogens (primary N) is 1. The molecule has 4 aliphatic heterocycles. The molecule has 170 valence electrons. The number of anilines is 3. The predicted molar refractivity (Wildman–Crippen MR) is 118 cm³/mol. The van der Waals surface area contributed by atoms with E-state index in [9.17, 15) is 8.78 Å². The summed E-state index contributed by atoms with van der Waals surface area (Å²) in [7, 11) is 0. The molecule has 0 amide bonds. The minimum Gasteiger partial charge on any atom is -0.431 e. The van der Waals surface area contributed by atoms with Crippen molar-refractivity contribution >= 4 is 29.3 Å². The Balaban J connectivity index is 1.38. The Kier molecular flexibility index (Phi) is 4.79. The van der Waals surface area contributed by atoms with Crippen molar-refractivity contribution in [1.29, 1.82) is 0 Å². The van der Waals surface area contributed by atoms with Gasteiger partial charge < -0.3 is 25.0 Å². The summed E-state index contributed by atoms with van der Waals surface area (Å²) in [6, 6.07) is 3.86. The van der Waals surface area contributed by atoms with Crippen molar-refractivity contribution in [3.8, 4) is 17.0 Å². The number of pyridine rings is 1. The van der Waals surface area contributed by atoms with E-state index in [0.717, 1.165) is 50.8 Å². The van der Waals surface area contributed by atoms with Crippen molar-refractivity contribution in [2.75, 3.05) is 54.1 Å². The molecule has 0 unspecified atom stereocenters. The summed E-state index contributed by atoms with van der Waals surface area (Å²) in [6.45, 7) is 1.27. The molecule has 0 radical (unpaired) electrons. The normalized spacial score (nSPS) is 25.7. The van der Waals surface area contributed by atoms with Gasteiger partial charge in [-0.1, -0.05) is 0 Å². The Bertz CT molecular complexity index is 1040. The molecule has 2 bridgehead atoms. The van der Waals surface area contributed by atoms with Crippen LogP contribution in [0.15, 0.2) is 18.3 Å². The predicted octanol–water partition coefficient (Wildman–Crippen LogP) is 2.64. The van der Waals surface area contributed by atoms with Gasteiger partial charge in [0.2, 0.25) is 5.95 Å². The summed E-state index contributed by atoms with van der Waals surface area (Å²) in [4.78, 5) is 18.4. The van der Waals surface area contributed by atoms with E-state index in [0.29, 0.717) is 28.5 Å². The zero-order chi connectivity index (χ0) is 21.9. The number of aromatic nitrogens is 3. The van der Waals surface area contributed by atoms with E-state index in [1.54, 1.807) is 6.20 Å². The molecule has 8 nitrogen and oxygen atoms in total. The highest BCUT2D eigenvalue weighted by Crippen LogP contribution is 2.42. The summed E-state index contributed by atoms with van der Waals surface area (Å²) in [5.74, 6) is 2.40. The molecule has 4 aliphatic rings. The molecule has 0 saturated carbocycles. The van der Waals surface area contributed by atoms with E-state index in [2.05, 4.69) is 19.5 Å². The molecule has 4 fully saturated rings. The quantitative estimate of drug-likeness (QED) is 0.720. The van der Waals surface area contributed by atoms with Crippen LogP contribution in [0.2, 0.25) is 0 Å². The third-order valence-corrected chi connectivity index (χ3v) is 8.22. The van der Waals surface area contributed by atoms with Gasteiger partial charge in [0.05, 0.1) is 18.9 Å². The highest BCUT2D eigenvalue weighted by molar-refractivity contribution is 8.00. The number of ether oxygens (including phenoxy) is 2. The maximum atomic E-state index is 12.8. The third kappa shape index (κ3) is 3.51. The van der Waals surface area contributed by atoms with Gasteiger partial charge in [0.15, 0.2) is 11.6 Å². The molecule has 2 aromatic rings. The van der Waals surface area contributed by atoms with Crippen LogP contribution in [0.25, 0.3) is 11.3 Å². The molecule has 0 aliphatic carbocycles. The lowest BCUT2D eigenvalue weighted by atomic mass is 9.85. The first-order valence-corrected chi connectivity index (χ1v) is 11.8. The van der Waals surface area contributed by atoms with Gasteiger partial charge in [-0.05, 0) is 18.9 Å². The van der Waals surface area contributed by atoms with Crippen molar-refractivity contribution in [2.24, 2.45) is 5.41 Å². The summed E-state index contributed by atoms with van der Waals surface area (Å²) >= 11 is 2.02. The van der Waals surface area contributed by atoms with Crippen LogP contribution < -0.4 is 20.3 Å². The largest absolute Gasteiger partial charge is 0.431 e. The molecule has 11 heteroatoms. The number of hydrogen-bond acceptors (Lipinski definition) is 9. The third-order valence-electron chi connectivity index (χ3n) is 6.83. The van der Waals surface area contributed by atoms with Gasteiger partial charge in [-0.15, -0.1) is 0 Å². The zero-order valence-corrected chi connectivity index (χ0v) is 18.2. The fourth-order valence-electron chi connectivity index (χ4n) is 5.06. The summed E-state index contributed by atoms with van der Waals surface area (Å²) in [6.07, 6.45) is 3.76. The second-order valence-electron chi connectivity index (χ2n) is 9.06. The number of hydrogen-bond donors (Lipinski definition) is 1. The SMILES string of the molecule is Nc1ncc(-c2cc(N3C[C@@H]4C[C@H]3CS4)nc(N3CCC4(COC4)C3)n2)cc1OC(F)F. The molecule has 2 N–H and O–H groups in total. The summed E-state index contributed by atoms with van der Waals surface area (Å²) in [5.41, 5.74) is 7.12. The highest BCUT2D eigenvalue weighted by Gasteiger charge is 2.45. The first kappa shape index (κ1) is 20.2. The summed E-state index contributed by atoms with van der Waals surface area (Å²) < 4.78 is 35.6. The van der Waals surface area contributed by atoms with E-state index in [1.165, 1.54) is 12.5 Å². The van der Waals surface area contributed by atoms with E-state index in [-0.39, 0.29) is 17.0 Å². The molecule has 2 atom stereocenters. The fourth-order valence-corrected chi connectivity index (χ4v) is 6.49. The van der Waals surface area contributed by atoms with Gasteiger partial charge in [0, 0.05) is 59.9 Å². The number of alkyl halides is 2. The van der Waals surface area contributed by atoms with Gasteiger partial charge in [-0.3, -0.25) is 0 Å². The first-order valence-electron chi connectivity index (χ1n) is 10.8. The molecule has 1 spiro atoms. The van der Waals surface area contributed by atoms with Gasteiger partial charge in [0.25, 0.3) is 0 Å². The van der Waals surface area contributed by atoms with Crippen LogP contribution in [-0.4, -0.2) is 71.5 Å². The van der Waals surface area contributed by atoms with E-state index < -0.39 is 6.61 Å². The minimum absolute atomic E-state index is 0.0797. The molecule has 6 rings (SSSR count). The highest BCUT2D eigenvalue weighted by atomic mass is 32.2. The van der Waals surface area contributed by atoms with Crippen molar-refractivity contribution in [1.82, 2.24) is 15.0 Å². The Labute approximate surface area is 188 Å². The lowest BCUT2D eigenvalue weighted by Crippen LogP contribution is -2.44. The van der Waals surface area contributed by atoms with Crippen LogP contribution in [0.3, 0.4) is 0 Å². The number of thioether (sulfide) groups is 1. The van der Waals surface area contributed by atoms with Crippen molar-refractivity contribution in [3.05, 3.63) is 18.3 Å². The second-order valence-corrected chi connectivity index (χ2v) is 10.4. The maximum Gasteiger partial charge on any atom is 0.387 e. The van der Waals surface area contributed by atoms with Gasteiger partial charge in [-0.25, -0.2) is 9.97 Å². The Morgan fingerprint density at radius 3 is 2.81 bits per heavy atom. The number of halogens is 2. The lowest BCUT2D eigenvalue weighted by Gasteiger charge is -2.37. The number of nitrogen functional groups attached to an aromatic ring is 1. The Morgan fingerprint density at radius 1 is 1.28 bits per heavy atom. The van der Waals surface area contributed by atoms with Crippen molar-refractivity contribution in [3.63, 3.8) is 0 Å². The van der Waals surface area contributed by atoms with Crippen LogP contribution in [-0.2, 0) is 4.74 Å². The van der Waals surface area contributed by atoms with E-state index in [1.807, 2.05) is 17.8 Å². The lowest BCUT2D eigenvalue weighted by molar-refractivity contribution is -0.0985. The first-order chi connectivity index (χ1) is 15.5. The molecule has 4 saturated heterocycles. The van der Waals surface area contributed by atoms with Crippen LogP contribution >= 0.6 is 11.8 Å². The van der Waals surface area contributed by atoms with Crippen LogP contribution in [0.5, 0.6) is 5.75 Å². The molecule has 6 heterocycles. The summed E-state index contributed by atoms with van der Waals surface area (Å²) in [5, 5.41) is 0.633. The monoisotopic (exact) mass is 462 g/mol. The molecule has 2 aromatic heterocycles. The average Bonchev–Trinajstić information content (AvgIpc) is 3.50. The van der Waals surface area contributed by atoms with Gasteiger partial charge in [0.1, 0.15) is 5.82 Å². The second kappa shape index (κ2) is 7.58. The van der Waals surface area contributed by atoms with Gasteiger partial charge >= 0.3 is 6.61 Å². The molecule has 0 aromatic carbocycles. The number of rotatable bonds is 5. The molecular weight excluding hydrogens is 438 g/mol. The zero-order valence-electron chi connectivity index (χ0n) is 17.4. The van der Waals surface area contributed by atoms with Crippen LogP contribution in [0.1, 0.15) is 12.8 Å². The van der Waals surface area contributed by atoms with Crippen molar-refractivity contribution in [2.45, 2.75) is 30.7 Å². The van der Waals surface area contributed by atoms with Gasteiger partial charge in [-0.2, -0.15) is 25.5 Å². The topological polar surface area (TPSA) is 89.6 Å². The van der Waals surface area contributed by atoms with Crippen molar-refractivity contribution < 1.29 is 18.3 Å². The van der Waals surface area contributed by atoms with Crippen LogP contribution in [0, 0.1) is 5.41 Å². The Morgan fingerprint density at radius 2 is 2.16 bits per heavy atom. The standard InChI is InChI=1S/C21H24F2N6O2S/c22-19(23)31-16-3-12(6-25-18(16)24)15-5-17(29-7-14-4-13(29)8-32-14)27-20(26-15)28-2-1-21(9-28)10-30-11-21/h3,5-6,13-14,19H,1-2,4,7-11H2,(H2,24,25)/t13-,14-/m0/s1. The fraction of sp³-hybridized carbons (Fsp3) is 0.571. The number of fused-ring (bicyclic) bond motifs is 2. The minimum atomic E-state index is -2.98.